The van der Waals surface area contributed by atoms with Crippen LogP contribution in [0.3, 0.4) is 0 Å². The third-order valence-corrected chi connectivity index (χ3v) is 5.88. The Morgan fingerprint density at radius 1 is 0.903 bits per heavy atom. The third kappa shape index (κ3) is 3.17. The summed E-state index contributed by atoms with van der Waals surface area (Å²) in [5.41, 5.74) is 1.10. The summed E-state index contributed by atoms with van der Waals surface area (Å²) in [4.78, 5) is 39.0. The number of hydrogen-bond donors (Lipinski definition) is 2. The molecule has 5 rings (SSSR count). The molecule has 2 N–H and O–H groups in total. The summed E-state index contributed by atoms with van der Waals surface area (Å²) in [6, 6.07) is 18.5. The Morgan fingerprint density at radius 2 is 1.65 bits per heavy atom. The number of fused-ring (bicyclic) bond motifs is 1. The number of aliphatic hydroxyl groups is 1. The molecule has 31 heavy (non-hydrogen) atoms. The highest BCUT2D eigenvalue weighted by Gasteiger charge is 2.47. The minimum atomic E-state index is -1.12. The molecular weight excluding hydrogens is 394 g/mol. The predicted octanol–water partition coefficient (Wildman–Crippen LogP) is 4.42. The van der Waals surface area contributed by atoms with Crippen LogP contribution in [0.4, 0.5) is 5.69 Å². The molecule has 0 aromatic heterocycles. The maximum absolute atomic E-state index is 13.1. The van der Waals surface area contributed by atoms with Crippen molar-refractivity contribution < 1.29 is 24.6 Å². The van der Waals surface area contributed by atoms with Gasteiger partial charge < -0.3 is 10.2 Å². The lowest BCUT2D eigenvalue weighted by Gasteiger charge is -2.27. The van der Waals surface area contributed by atoms with Gasteiger partial charge in [-0.2, -0.15) is 0 Å². The molecule has 1 aliphatic heterocycles. The zero-order valence-electron chi connectivity index (χ0n) is 16.5. The molecule has 154 valence electrons. The zero-order valence-corrected chi connectivity index (χ0v) is 16.5. The normalized spacial score (nSPS) is 18.6. The number of ketones is 1. The van der Waals surface area contributed by atoms with Crippen LogP contribution in [0, 0.1) is 5.92 Å². The summed E-state index contributed by atoms with van der Waals surface area (Å²) in [6.07, 6.45) is 1.48. The fourth-order valence-corrected chi connectivity index (χ4v) is 4.17. The van der Waals surface area contributed by atoms with E-state index < -0.39 is 23.7 Å². The molecule has 0 spiro atoms. The molecule has 1 fully saturated rings. The van der Waals surface area contributed by atoms with Gasteiger partial charge in [0.05, 0.1) is 17.2 Å². The molecule has 3 aromatic rings. The monoisotopic (exact) mass is 413 g/mol. The lowest BCUT2D eigenvalue weighted by molar-refractivity contribution is -0.118. The number of carbonyl (C=O) groups is 3. The second-order valence-corrected chi connectivity index (χ2v) is 7.94. The molecule has 6 heteroatoms. The van der Waals surface area contributed by atoms with Crippen LogP contribution in [0.2, 0.25) is 0 Å². The number of hydrogen-bond acceptors (Lipinski definition) is 4. The van der Waals surface area contributed by atoms with E-state index in [1.54, 1.807) is 12.1 Å². The highest BCUT2D eigenvalue weighted by Crippen LogP contribution is 2.45. The van der Waals surface area contributed by atoms with E-state index >= 15 is 0 Å². The number of nitrogens with zero attached hydrogens (tertiary/aromatic N) is 1. The Kier molecular flexibility index (Phi) is 4.36. The molecule has 1 heterocycles. The molecule has 1 amide bonds. The first-order valence-corrected chi connectivity index (χ1v) is 10.1. The van der Waals surface area contributed by atoms with Crippen molar-refractivity contribution in [2.24, 2.45) is 5.92 Å². The van der Waals surface area contributed by atoms with Crippen LogP contribution in [-0.4, -0.2) is 27.9 Å². The largest absolute Gasteiger partial charge is 0.503 e. The van der Waals surface area contributed by atoms with E-state index in [2.05, 4.69) is 0 Å². The molecular formula is C25H19NO5. The van der Waals surface area contributed by atoms with E-state index in [1.165, 1.54) is 17.0 Å². The Morgan fingerprint density at radius 3 is 2.35 bits per heavy atom. The van der Waals surface area contributed by atoms with E-state index in [-0.39, 0.29) is 22.8 Å². The van der Waals surface area contributed by atoms with Crippen LogP contribution in [0.1, 0.15) is 34.8 Å². The van der Waals surface area contributed by atoms with E-state index in [0.29, 0.717) is 11.3 Å². The summed E-state index contributed by atoms with van der Waals surface area (Å²) >= 11 is 0. The van der Waals surface area contributed by atoms with Gasteiger partial charge in [0.25, 0.3) is 5.91 Å². The number of Topliss-reactive ketones (excluding diaryl/α,β-unsaturated/α-hetero) is 1. The lowest BCUT2D eigenvalue weighted by Crippen LogP contribution is -2.31. The maximum Gasteiger partial charge on any atom is 0.335 e. The lowest BCUT2D eigenvalue weighted by atomic mass is 9.92. The van der Waals surface area contributed by atoms with Crippen molar-refractivity contribution in [3.05, 3.63) is 89.2 Å². The number of carboxylic acids is 1. The molecule has 6 nitrogen and oxygen atoms in total. The molecule has 0 bridgehead atoms. The predicted molar refractivity (Wildman–Crippen MR) is 115 cm³/mol. The number of benzene rings is 3. The first-order chi connectivity index (χ1) is 15.0. The average molecular weight is 413 g/mol. The van der Waals surface area contributed by atoms with E-state index in [4.69, 9.17) is 0 Å². The summed E-state index contributed by atoms with van der Waals surface area (Å²) < 4.78 is 0. The smallest absolute Gasteiger partial charge is 0.335 e. The van der Waals surface area contributed by atoms with Crippen LogP contribution < -0.4 is 4.90 Å². The Hall–Kier alpha value is -3.93. The van der Waals surface area contributed by atoms with Gasteiger partial charge in [-0.1, -0.05) is 42.5 Å². The van der Waals surface area contributed by atoms with E-state index in [1.807, 2.05) is 42.5 Å². The summed E-state index contributed by atoms with van der Waals surface area (Å²) in [5.74, 6) is -2.79. The maximum atomic E-state index is 13.1. The van der Waals surface area contributed by atoms with Crippen molar-refractivity contribution in [3.8, 4) is 0 Å². The quantitative estimate of drug-likeness (QED) is 0.646. The highest BCUT2D eigenvalue weighted by molar-refractivity contribution is 6.17. The minimum absolute atomic E-state index is 0.0176. The van der Waals surface area contributed by atoms with Crippen LogP contribution in [-0.2, 0) is 9.59 Å². The van der Waals surface area contributed by atoms with Crippen molar-refractivity contribution in [2.75, 3.05) is 4.90 Å². The van der Waals surface area contributed by atoms with Crippen LogP contribution in [0.5, 0.6) is 0 Å². The van der Waals surface area contributed by atoms with Crippen molar-refractivity contribution in [1.29, 1.82) is 0 Å². The number of carboxylic acid groups (broad SMARTS) is 1. The van der Waals surface area contributed by atoms with Gasteiger partial charge in [0, 0.05) is 11.6 Å². The van der Waals surface area contributed by atoms with Gasteiger partial charge in [-0.15, -0.1) is 0 Å². The summed E-state index contributed by atoms with van der Waals surface area (Å²) in [5, 5.41) is 22.0. The molecule has 0 radical (unpaired) electrons. The topological polar surface area (TPSA) is 94.9 Å². The molecule has 1 unspecified atom stereocenters. The standard InChI is InChI=1S/C25H19NO5/c27-22(15-9-10-15)20-21(17-11-8-14-4-1-2-5-16(14)12-17)26(24(29)23(20)28)19-7-3-6-18(13-19)25(30)31/h1-8,11-13,15,21,28H,9-10H2,(H,30,31). The van der Waals surface area contributed by atoms with Crippen molar-refractivity contribution in [3.63, 3.8) is 0 Å². The molecule has 3 aromatic carbocycles. The zero-order chi connectivity index (χ0) is 21.7. The van der Waals surface area contributed by atoms with Crippen LogP contribution in [0.15, 0.2) is 78.1 Å². The van der Waals surface area contributed by atoms with Gasteiger partial charge in [0.2, 0.25) is 0 Å². The first-order valence-electron chi connectivity index (χ1n) is 10.1. The van der Waals surface area contributed by atoms with Crippen molar-refractivity contribution >= 4 is 34.1 Å². The van der Waals surface area contributed by atoms with Gasteiger partial charge in [-0.3, -0.25) is 14.5 Å². The number of amides is 1. The number of aliphatic hydroxyl groups excluding tert-OH is 1. The second kappa shape index (κ2) is 7.09. The van der Waals surface area contributed by atoms with Crippen molar-refractivity contribution in [2.45, 2.75) is 18.9 Å². The minimum Gasteiger partial charge on any atom is -0.503 e. The fourth-order valence-electron chi connectivity index (χ4n) is 4.17. The number of anilines is 1. The van der Waals surface area contributed by atoms with Gasteiger partial charge >= 0.3 is 5.97 Å². The molecule has 1 atom stereocenters. The first kappa shape index (κ1) is 19.1. The van der Waals surface area contributed by atoms with Crippen LogP contribution >= 0.6 is 0 Å². The molecule has 1 aliphatic carbocycles. The summed E-state index contributed by atoms with van der Waals surface area (Å²) in [6.45, 7) is 0. The molecule has 1 saturated carbocycles. The van der Waals surface area contributed by atoms with Crippen molar-refractivity contribution in [1.82, 2.24) is 0 Å². The molecule has 0 saturated heterocycles. The summed E-state index contributed by atoms with van der Waals surface area (Å²) in [7, 11) is 0. The second-order valence-electron chi connectivity index (χ2n) is 7.94. The average Bonchev–Trinajstić information content (AvgIpc) is 3.60. The number of rotatable bonds is 5. The van der Waals surface area contributed by atoms with Crippen LogP contribution in [0.25, 0.3) is 10.8 Å². The van der Waals surface area contributed by atoms with Gasteiger partial charge in [0.15, 0.2) is 11.5 Å². The number of carbonyl (C=O) groups excluding carboxylic acids is 2. The van der Waals surface area contributed by atoms with Gasteiger partial charge in [-0.05, 0) is 53.4 Å². The van der Waals surface area contributed by atoms with Gasteiger partial charge in [-0.25, -0.2) is 4.79 Å². The number of aromatic carboxylic acids is 1. The Labute approximate surface area is 178 Å². The van der Waals surface area contributed by atoms with E-state index in [0.717, 1.165) is 23.6 Å². The Bertz CT molecular complexity index is 1290. The van der Waals surface area contributed by atoms with Gasteiger partial charge in [0.1, 0.15) is 0 Å². The molecule has 2 aliphatic rings. The third-order valence-electron chi connectivity index (χ3n) is 5.88. The highest BCUT2D eigenvalue weighted by atomic mass is 16.4. The SMILES string of the molecule is O=C(O)c1cccc(N2C(=O)C(O)=C(C(=O)C3CC3)C2c2ccc3ccccc3c2)c1. The van der Waals surface area contributed by atoms with E-state index in [9.17, 15) is 24.6 Å². The Balaban J connectivity index is 1.69. The fraction of sp³-hybridized carbons (Fsp3) is 0.160.